The van der Waals surface area contributed by atoms with E-state index in [1.54, 1.807) is 6.07 Å². The van der Waals surface area contributed by atoms with Gasteiger partial charge in [-0.3, -0.25) is 4.79 Å². The van der Waals surface area contributed by atoms with Crippen LogP contribution in [0.5, 0.6) is 11.5 Å². The summed E-state index contributed by atoms with van der Waals surface area (Å²) in [6, 6.07) is 17.8. The minimum absolute atomic E-state index is 0.0938. The van der Waals surface area contributed by atoms with E-state index in [1.807, 2.05) is 45.0 Å². The smallest absolute Gasteiger partial charge is 0.255 e. The van der Waals surface area contributed by atoms with Gasteiger partial charge in [0.1, 0.15) is 18.1 Å². The van der Waals surface area contributed by atoms with E-state index in [9.17, 15) is 4.79 Å². The van der Waals surface area contributed by atoms with Gasteiger partial charge in [-0.05, 0) is 80.1 Å². The maximum Gasteiger partial charge on any atom is 0.255 e. The zero-order chi connectivity index (χ0) is 24.2. The summed E-state index contributed by atoms with van der Waals surface area (Å²) in [5.41, 5.74) is 6.89. The number of carbonyl (C=O) groups excluding carboxylic acids is 1. The van der Waals surface area contributed by atoms with Crippen LogP contribution in [0.15, 0.2) is 54.6 Å². The van der Waals surface area contributed by atoms with Crippen molar-refractivity contribution in [1.29, 1.82) is 0 Å². The Morgan fingerprint density at radius 2 is 1.52 bits per heavy atom. The first kappa shape index (κ1) is 24.4. The van der Waals surface area contributed by atoms with Crippen LogP contribution >= 0.6 is 0 Å². The third-order valence-corrected chi connectivity index (χ3v) is 5.65. The minimum Gasteiger partial charge on any atom is -0.493 e. The molecule has 0 spiro atoms. The highest BCUT2D eigenvalue weighted by molar-refractivity contribution is 6.05. The van der Waals surface area contributed by atoms with Gasteiger partial charge in [0.2, 0.25) is 0 Å². The maximum atomic E-state index is 13.0. The highest BCUT2D eigenvalue weighted by atomic mass is 16.5. The summed E-state index contributed by atoms with van der Waals surface area (Å²) < 4.78 is 11.8. The lowest BCUT2D eigenvalue weighted by molar-refractivity contribution is 0.102. The summed E-state index contributed by atoms with van der Waals surface area (Å²) in [6.07, 6.45) is 0. The lowest BCUT2D eigenvalue weighted by atomic mass is 9.87. The number of aryl methyl sites for hydroxylation is 3. The van der Waals surface area contributed by atoms with Crippen LogP contribution in [0.3, 0.4) is 0 Å². The van der Waals surface area contributed by atoms with Crippen molar-refractivity contribution in [3.63, 3.8) is 0 Å². The van der Waals surface area contributed by atoms with Gasteiger partial charge in [-0.15, -0.1) is 0 Å². The number of nitrogens with one attached hydrogen (secondary N) is 1. The predicted octanol–water partition coefficient (Wildman–Crippen LogP) is 7.14. The molecule has 1 amide bonds. The van der Waals surface area contributed by atoms with E-state index in [2.05, 4.69) is 57.3 Å². The third-order valence-electron chi connectivity index (χ3n) is 5.65. The molecule has 4 heteroatoms. The van der Waals surface area contributed by atoms with E-state index >= 15 is 0 Å². The van der Waals surface area contributed by atoms with Gasteiger partial charge < -0.3 is 14.8 Å². The zero-order valence-corrected chi connectivity index (χ0v) is 20.8. The van der Waals surface area contributed by atoms with Crippen LogP contribution < -0.4 is 14.8 Å². The molecule has 0 aromatic heterocycles. The molecule has 0 aliphatic carbocycles. The molecule has 0 radical (unpaired) electrons. The van der Waals surface area contributed by atoms with Crippen molar-refractivity contribution >= 4 is 11.6 Å². The van der Waals surface area contributed by atoms with Gasteiger partial charge in [0.25, 0.3) is 5.91 Å². The summed E-state index contributed by atoms with van der Waals surface area (Å²) in [6.45, 7) is 15.4. The Balaban J connectivity index is 1.80. The van der Waals surface area contributed by atoms with E-state index in [4.69, 9.17) is 9.47 Å². The maximum absolute atomic E-state index is 13.0. The SMILES string of the molecule is CCOc1ccc(C(=O)Nc2c(C)cc(C)cc2C)cc1COc1ccc(C(C)(C)C)cc1. The molecule has 3 aromatic rings. The molecule has 174 valence electrons. The van der Waals surface area contributed by atoms with Crippen molar-refractivity contribution in [1.82, 2.24) is 0 Å². The number of rotatable bonds is 7. The van der Waals surface area contributed by atoms with Gasteiger partial charge in [-0.1, -0.05) is 50.6 Å². The van der Waals surface area contributed by atoms with E-state index in [0.29, 0.717) is 18.8 Å². The van der Waals surface area contributed by atoms with Crippen molar-refractivity contribution in [3.05, 3.63) is 88.0 Å². The molecule has 0 bridgehead atoms. The quantitative estimate of drug-likeness (QED) is 0.420. The van der Waals surface area contributed by atoms with E-state index in [1.165, 1.54) is 11.1 Å². The number of benzene rings is 3. The average molecular weight is 446 g/mol. The monoisotopic (exact) mass is 445 g/mol. The second kappa shape index (κ2) is 10.1. The van der Waals surface area contributed by atoms with Gasteiger partial charge in [-0.25, -0.2) is 0 Å². The molecule has 0 aliphatic rings. The van der Waals surface area contributed by atoms with Crippen molar-refractivity contribution in [3.8, 4) is 11.5 Å². The van der Waals surface area contributed by atoms with Crippen molar-refractivity contribution < 1.29 is 14.3 Å². The molecule has 0 heterocycles. The summed E-state index contributed by atoms with van der Waals surface area (Å²) in [7, 11) is 0. The predicted molar refractivity (Wildman–Crippen MR) is 136 cm³/mol. The second-order valence-corrected chi connectivity index (χ2v) is 9.55. The molecule has 0 fully saturated rings. The number of anilines is 1. The Kier molecular flexibility index (Phi) is 7.47. The average Bonchev–Trinajstić information content (AvgIpc) is 2.75. The largest absolute Gasteiger partial charge is 0.493 e. The molecule has 0 aliphatic heterocycles. The Hall–Kier alpha value is -3.27. The van der Waals surface area contributed by atoms with Crippen LogP contribution in [-0.4, -0.2) is 12.5 Å². The van der Waals surface area contributed by atoms with Crippen LogP contribution in [-0.2, 0) is 12.0 Å². The van der Waals surface area contributed by atoms with Crippen molar-refractivity contribution in [2.45, 2.75) is 60.5 Å². The fourth-order valence-corrected chi connectivity index (χ4v) is 3.90. The van der Waals surface area contributed by atoms with Crippen LogP contribution in [0.4, 0.5) is 5.69 Å². The molecule has 4 nitrogen and oxygen atoms in total. The number of carbonyl (C=O) groups is 1. The standard InChI is InChI=1S/C29H35NO3/c1-8-32-26-14-9-22(28(31)30-27-20(3)15-19(2)16-21(27)4)17-23(26)18-33-25-12-10-24(11-13-25)29(5,6)7/h9-17H,8,18H2,1-7H3,(H,30,31). The van der Waals surface area contributed by atoms with E-state index in [-0.39, 0.29) is 11.3 Å². The molecule has 33 heavy (non-hydrogen) atoms. The molecule has 0 saturated carbocycles. The molecular formula is C29H35NO3. The van der Waals surface area contributed by atoms with Gasteiger partial charge in [0.05, 0.1) is 6.61 Å². The topological polar surface area (TPSA) is 47.6 Å². The molecular weight excluding hydrogens is 410 g/mol. The lowest BCUT2D eigenvalue weighted by Crippen LogP contribution is -2.15. The highest BCUT2D eigenvalue weighted by Crippen LogP contribution is 2.27. The second-order valence-electron chi connectivity index (χ2n) is 9.55. The Bertz CT molecular complexity index is 1100. The first-order valence-corrected chi connectivity index (χ1v) is 11.5. The Morgan fingerprint density at radius 3 is 2.09 bits per heavy atom. The van der Waals surface area contributed by atoms with E-state index < -0.39 is 0 Å². The van der Waals surface area contributed by atoms with Gasteiger partial charge in [0, 0.05) is 16.8 Å². The van der Waals surface area contributed by atoms with Gasteiger partial charge >= 0.3 is 0 Å². The fourth-order valence-electron chi connectivity index (χ4n) is 3.90. The fraction of sp³-hybridized carbons (Fsp3) is 0.345. The molecule has 0 saturated heterocycles. The Morgan fingerprint density at radius 1 is 0.879 bits per heavy atom. The molecule has 3 rings (SSSR count). The number of ether oxygens (including phenoxy) is 2. The van der Waals surface area contributed by atoms with Crippen LogP contribution in [0.2, 0.25) is 0 Å². The zero-order valence-electron chi connectivity index (χ0n) is 20.8. The number of hydrogen-bond acceptors (Lipinski definition) is 3. The number of amides is 1. The molecule has 0 atom stereocenters. The van der Waals surface area contributed by atoms with Crippen LogP contribution in [0.1, 0.15) is 65.9 Å². The highest BCUT2D eigenvalue weighted by Gasteiger charge is 2.15. The summed E-state index contributed by atoms with van der Waals surface area (Å²) in [5, 5.41) is 3.07. The minimum atomic E-state index is -0.149. The number of hydrogen-bond donors (Lipinski definition) is 1. The van der Waals surface area contributed by atoms with Gasteiger partial charge in [0.15, 0.2) is 0 Å². The van der Waals surface area contributed by atoms with Gasteiger partial charge in [-0.2, -0.15) is 0 Å². The first-order valence-electron chi connectivity index (χ1n) is 11.5. The van der Waals surface area contributed by atoms with Crippen molar-refractivity contribution in [2.75, 3.05) is 11.9 Å². The first-order chi connectivity index (χ1) is 15.6. The van der Waals surface area contributed by atoms with E-state index in [0.717, 1.165) is 33.9 Å². The van der Waals surface area contributed by atoms with Crippen LogP contribution in [0.25, 0.3) is 0 Å². The summed E-state index contributed by atoms with van der Waals surface area (Å²) in [5.74, 6) is 1.36. The van der Waals surface area contributed by atoms with Crippen molar-refractivity contribution in [2.24, 2.45) is 0 Å². The Labute approximate surface area is 197 Å². The summed E-state index contributed by atoms with van der Waals surface area (Å²) in [4.78, 5) is 13.0. The normalized spacial score (nSPS) is 11.2. The summed E-state index contributed by atoms with van der Waals surface area (Å²) >= 11 is 0. The third kappa shape index (κ3) is 6.16. The molecule has 0 unspecified atom stereocenters. The molecule has 1 N–H and O–H groups in total. The molecule has 3 aromatic carbocycles. The lowest BCUT2D eigenvalue weighted by Gasteiger charge is -2.19. The van der Waals surface area contributed by atoms with Crippen LogP contribution in [0, 0.1) is 20.8 Å².